The summed E-state index contributed by atoms with van der Waals surface area (Å²) in [7, 11) is 5.54. The molecule has 42 heavy (non-hydrogen) atoms. The molecule has 1 saturated heterocycles. The molecule has 1 N–H and O–H groups in total. The predicted molar refractivity (Wildman–Crippen MR) is 155 cm³/mol. The van der Waals surface area contributed by atoms with Crippen LogP contribution in [0.3, 0.4) is 0 Å². The zero-order valence-corrected chi connectivity index (χ0v) is 23.5. The molecule has 0 saturated carbocycles. The Morgan fingerprint density at radius 3 is 1.90 bits per heavy atom. The van der Waals surface area contributed by atoms with Gasteiger partial charge in [-0.25, -0.2) is 19.1 Å². The highest BCUT2D eigenvalue weighted by Gasteiger charge is 2.40. The summed E-state index contributed by atoms with van der Waals surface area (Å²) in [5, 5.41) is 10.9. The Morgan fingerprint density at radius 1 is 0.810 bits per heavy atom. The third-order valence-electron chi connectivity index (χ3n) is 6.60. The van der Waals surface area contributed by atoms with Crippen LogP contribution in [-0.2, 0) is 16.6 Å². The molecule has 3 aromatic rings. The van der Waals surface area contributed by atoms with E-state index in [1.54, 1.807) is 43.3 Å². The van der Waals surface area contributed by atoms with Crippen molar-refractivity contribution < 1.29 is 29.0 Å². The van der Waals surface area contributed by atoms with Gasteiger partial charge in [0, 0.05) is 14.1 Å². The van der Waals surface area contributed by atoms with Crippen molar-refractivity contribution in [1.29, 1.82) is 0 Å². The number of anilines is 1. The molecule has 2 heterocycles. The number of rotatable bonds is 7. The zero-order valence-electron chi connectivity index (χ0n) is 23.5. The summed E-state index contributed by atoms with van der Waals surface area (Å²) in [6.07, 6.45) is 5.54. The van der Waals surface area contributed by atoms with Crippen LogP contribution in [0.1, 0.15) is 12.5 Å². The zero-order chi connectivity index (χ0) is 30.7. The van der Waals surface area contributed by atoms with E-state index in [9.17, 15) is 29.1 Å². The third-order valence-corrected chi connectivity index (χ3v) is 6.60. The first-order valence-corrected chi connectivity index (χ1v) is 12.6. The maximum atomic E-state index is 13.2. The van der Waals surface area contributed by atoms with Gasteiger partial charge in [-0.15, -0.1) is 0 Å². The number of carbonyl (C=O) groups is 3. The van der Waals surface area contributed by atoms with Crippen LogP contribution in [-0.4, -0.2) is 58.3 Å². The van der Waals surface area contributed by atoms with Gasteiger partial charge in [0.05, 0.1) is 25.6 Å². The lowest BCUT2D eigenvalue weighted by Crippen LogP contribution is -2.55. The molecule has 12 nitrogen and oxygen atoms in total. The number of likely N-dealkylation sites (N-methyl/N-ethyl adjacent to an activating group) is 1. The number of amides is 4. The van der Waals surface area contributed by atoms with Crippen molar-refractivity contribution in [3.63, 3.8) is 0 Å². The largest absolute Gasteiger partial charge is 0.497 e. The molecule has 0 spiro atoms. The average molecular weight is 573 g/mol. The summed E-state index contributed by atoms with van der Waals surface area (Å²) in [5.74, 6) is -1.07. The lowest BCUT2D eigenvalue weighted by molar-refractivity contribution is -0.128. The molecular formula is C30H28N4O8. The smallest absolute Gasteiger partial charge is 0.338 e. The fourth-order valence-corrected chi connectivity index (χ4v) is 4.14. The lowest BCUT2D eigenvalue weighted by atomic mass is 10.1. The van der Waals surface area contributed by atoms with Crippen LogP contribution in [0, 0.1) is 0 Å². The van der Waals surface area contributed by atoms with E-state index in [1.165, 1.54) is 64.8 Å². The highest BCUT2D eigenvalue weighted by atomic mass is 16.5. The van der Waals surface area contributed by atoms with Crippen molar-refractivity contribution in [2.75, 3.05) is 26.2 Å². The minimum absolute atomic E-state index is 0.158. The Hall–Kier alpha value is -5.65. The SMILES string of the molecule is COc1ccc(N2C(=O)/C(=C/C=C(C)/C=C/c3c(O)n(-c4ccc(OC)cc4)c(=O)n(C)c3=O)C(=O)N(C)C2=O)cc1. The van der Waals surface area contributed by atoms with E-state index in [4.69, 9.17) is 9.47 Å². The molecule has 12 heteroatoms. The summed E-state index contributed by atoms with van der Waals surface area (Å²) >= 11 is 0. The average Bonchev–Trinajstić information content (AvgIpc) is 2.99. The molecule has 0 bridgehead atoms. The number of benzene rings is 2. The summed E-state index contributed by atoms with van der Waals surface area (Å²) in [4.78, 5) is 66.1. The summed E-state index contributed by atoms with van der Waals surface area (Å²) in [6, 6.07) is 11.8. The summed E-state index contributed by atoms with van der Waals surface area (Å²) in [6.45, 7) is 1.64. The van der Waals surface area contributed by atoms with Gasteiger partial charge in [0.25, 0.3) is 17.4 Å². The number of nitrogens with zero attached hydrogens (tertiary/aromatic N) is 4. The predicted octanol–water partition coefficient (Wildman–Crippen LogP) is 2.77. The molecule has 1 aliphatic rings. The first kappa shape index (κ1) is 29.3. The number of ether oxygens (including phenoxy) is 2. The molecule has 1 aliphatic heterocycles. The van der Waals surface area contributed by atoms with Crippen molar-refractivity contribution in [3.8, 4) is 23.1 Å². The quantitative estimate of drug-likeness (QED) is 0.259. The van der Waals surface area contributed by atoms with Gasteiger partial charge in [-0.3, -0.25) is 23.9 Å². The second-order valence-corrected chi connectivity index (χ2v) is 9.23. The minimum Gasteiger partial charge on any atom is -0.497 e. The Bertz CT molecular complexity index is 1780. The van der Waals surface area contributed by atoms with Crippen LogP contribution >= 0.6 is 0 Å². The van der Waals surface area contributed by atoms with Gasteiger partial charge in [0.15, 0.2) is 0 Å². The number of aromatic hydroxyl groups is 1. The first-order chi connectivity index (χ1) is 20.0. The molecule has 0 atom stereocenters. The van der Waals surface area contributed by atoms with Gasteiger partial charge < -0.3 is 14.6 Å². The van der Waals surface area contributed by atoms with Gasteiger partial charge in [0.2, 0.25) is 5.88 Å². The van der Waals surface area contributed by atoms with E-state index in [2.05, 4.69) is 0 Å². The summed E-state index contributed by atoms with van der Waals surface area (Å²) < 4.78 is 12.1. The van der Waals surface area contributed by atoms with E-state index in [1.807, 2.05) is 0 Å². The highest BCUT2D eigenvalue weighted by molar-refractivity contribution is 6.37. The van der Waals surface area contributed by atoms with Gasteiger partial charge in [-0.1, -0.05) is 17.7 Å². The van der Waals surface area contributed by atoms with Crippen molar-refractivity contribution in [2.45, 2.75) is 6.92 Å². The monoisotopic (exact) mass is 572 g/mol. The Labute approximate surface area is 240 Å². The highest BCUT2D eigenvalue weighted by Crippen LogP contribution is 2.26. The number of aromatic nitrogens is 2. The van der Waals surface area contributed by atoms with Crippen LogP contribution in [0.15, 0.2) is 87.5 Å². The Kier molecular flexibility index (Phi) is 8.27. The number of barbiturate groups is 1. The first-order valence-electron chi connectivity index (χ1n) is 12.6. The number of allylic oxidation sites excluding steroid dienone is 4. The maximum absolute atomic E-state index is 13.2. The fourth-order valence-electron chi connectivity index (χ4n) is 4.14. The van der Waals surface area contributed by atoms with E-state index < -0.39 is 35.0 Å². The number of carbonyl (C=O) groups excluding carboxylic acids is 3. The third kappa shape index (κ3) is 5.37. The normalized spacial score (nSPS) is 15.2. The molecular weight excluding hydrogens is 544 g/mol. The van der Waals surface area contributed by atoms with E-state index in [0.717, 1.165) is 18.9 Å². The van der Waals surface area contributed by atoms with Crippen LogP contribution in [0.4, 0.5) is 10.5 Å². The Balaban J connectivity index is 1.68. The van der Waals surface area contributed by atoms with Crippen LogP contribution < -0.4 is 25.6 Å². The number of urea groups is 1. The standard InChI is InChI=1S/C30H28N4O8/c1-18(6-16-23-25(35)31(2)29(39)33(27(23)37)19-8-12-21(41-4)13-9-19)7-17-24-26(36)32(3)30(40)34(28(24)38)20-10-14-22(42-5)15-11-20/h6-17,37H,1-5H3/b16-6+,18-7+,24-17+. The van der Waals surface area contributed by atoms with Gasteiger partial charge in [-0.2, -0.15) is 0 Å². The molecule has 4 amide bonds. The number of methoxy groups -OCH3 is 2. The van der Waals surface area contributed by atoms with Crippen LogP contribution in [0.5, 0.6) is 17.4 Å². The molecule has 0 radical (unpaired) electrons. The van der Waals surface area contributed by atoms with E-state index >= 15 is 0 Å². The maximum Gasteiger partial charge on any atom is 0.338 e. The van der Waals surface area contributed by atoms with Gasteiger partial charge in [0.1, 0.15) is 22.6 Å². The van der Waals surface area contributed by atoms with Gasteiger partial charge in [-0.05, 0) is 67.6 Å². The second kappa shape index (κ2) is 11.8. The van der Waals surface area contributed by atoms with Crippen molar-refractivity contribution in [1.82, 2.24) is 14.0 Å². The minimum atomic E-state index is -0.806. The van der Waals surface area contributed by atoms with Crippen molar-refractivity contribution in [3.05, 3.63) is 104 Å². The number of hydrogen-bond donors (Lipinski definition) is 1. The molecule has 0 unspecified atom stereocenters. The Morgan fingerprint density at radius 2 is 1.36 bits per heavy atom. The van der Waals surface area contributed by atoms with Gasteiger partial charge >= 0.3 is 11.7 Å². The number of imide groups is 2. The molecule has 216 valence electrons. The number of hydrogen-bond acceptors (Lipinski definition) is 8. The van der Waals surface area contributed by atoms with E-state index in [0.29, 0.717) is 22.8 Å². The van der Waals surface area contributed by atoms with Crippen molar-refractivity contribution in [2.24, 2.45) is 7.05 Å². The topological polar surface area (TPSA) is 140 Å². The molecule has 2 aromatic carbocycles. The fraction of sp³-hybridized carbons (Fsp3) is 0.167. The summed E-state index contributed by atoms with van der Waals surface area (Å²) in [5.41, 5.74) is -0.822. The second-order valence-electron chi connectivity index (χ2n) is 9.23. The van der Waals surface area contributed by atoms with Crippen LogP contribution in [0.2, 0.25) is 0 Å². The van der Waals surface area contributed by atoms with Crippen molar-refractivity contribution >= 4 is 29.6 Å². The van der Waals surface area contributed by atoms with Crippen LogP contribution in [0.25, 0.3) is 11.8 Å². The molecule has 0 aliphatic carbocycles. The molecule has 4 rings (SSSR count). The molecule has 1 aromatic heterocycles. The lowest BCUT2D eigenvalue weighted by Gasteiger charge is -2.31. The van der Waals surface area contributed by atoms with E-state index in [-0.39, 0.29) is 16.8 Å². The molecule has 1 fully saturated rings.